The van der Waals surface area contributed by atoms with Crippen LogP contribution in [0.15, 0.2) is 18.2 Å². The SMILES string of the molecule is O=C1CC(C(=O)O)c2cccc(C(F)(F)F)c2N1. The maximum atomic E-state index is 12.7. The van der Waals surface area contributed by atoms with Crippen LogP contribution in [-0.4, -0.2) is 17.0 Å². The lowest BCUT2D eigenvalue weighted by molar-refractivity contribution is -0.141. The molecule has 0 fully saturated rings. The van der Waals surface area contributed by atoms with Gasteiger partial charge in [0.05, 0.1) is 17.2 Å². The monoisotopic (exact) mass is 259 g/mol. The summed E-state index contributed by atoms with van der Waals surface area (Å²) < 4.78 is 38.2. The van der Waals surface area contributed by atoms with Crippen LogP contribution in [0.3, 0.4) is 0 Å². The molecular formula is C11H8F3NO3. The van der Waals surface area contributed by atoms with Gasteiger partial charge in [-0.2, -0.15) is 13.2 Å². The van der Waals surface area contributed by atoms with Crippen molar-refractivity contribution in [3.8, 4) is 0 Å². The number of amides is 1. The molecule has 2 N–H and O–H groups in total. The molecule has 0 aliphatic carbocycles. The Morgan fingerprint density at radius 1 is 1.39 bits per heavy atom. The van der Waals surface area contributed by atoms with Crippen molar-refractivity contribution in [3.63, 3.8) is 0 Å². The summed E-state index contributed by atoms with van der Waals surface area (Å²) in [6.07, 6.45) is -5.00. The summed E-state index contributed by atoms with van der Waals surface area (Å²) in [5, 5.41) is 11.0. The Morgan fingerprint density at radius 2 is 2.06 bits per heavy atom. The number of aliphatic carboxylic acids is 1. The molecule has 0 bridgehead atoms. The van der Waals surface area contributed by atoms with Crippen molar-refractivity contribution in [2.75, 3.05) is 5.32 Å². The first-order valence-electron chi connectivity index (χ1n) is 5.03. The zero-order chi connectivity index (χ0) is 13.5. The number of rotatable bonds is 1. The van der Waals surface area contributed by atoms with Crippen molar-refractivity contribution >= 4 is 17.6 Å². The number of carboxylic acids is 1. The molecule has 1 amide bonds. The zero-order valence-electron chi connectivity index (χ0n) is 8.91. The lowest BCUT2D eigenvalue weighted by Gasteiger charge is -2.25. The topological polar surface area (TPSA) is 66.4 Å². The molecule has 0 spiro atoms. The van der Waals surface area contributed by atoms with Crippen molar-refractivity contribution in [1.29, 1.82) is 0 Å². The van der Waals surface area contributed by atoms with Crippen molar-refractivity contribution < 1.29 is 27.9 Å². The van der Waals surface area contributed by atoms with E-state index in [2.05, 4.69) is 5.32 Å². The molecule has 1 heterocycles. The van der Waals surface area contributed by atoms with Crippen molar-refractivity contribution in [3.05, 3.63) is 29.3 Å². The minimum atomic E-state index is -4.64. The predicted molar refractivity (Wildman–Crippen MR) is 55.1 cm³/mol. The highest BCUT2D eigenvalue weighted by Gasteiger charge is 2.39. The fraction of sp³-hybridized carbons (Fsp3) is 0.273. The number of halogens is 3. The summed E-state index contributed by atoms with van der Waals surface area (Å²) in [4.78, 5) is 22.2. The fourth-order valence-corrected chi connectivity index (χ4v) is 1.94. The highest BCUT2D eigenvalue weighted by atomic mass is 19.4. The average Bonchev–Trinajstić information content (AvgIpc) is 2.25. The van der Waals surface area contributed by atoms with Crippen LogP contribution in [0.2, 0.25) is 0 Å². The van der Waals surface area contributed by atoms with Crippen molar-refractivity contribution in [2.24, 2.45) is 0 Å². The summed E-state index contributed by atoms with van der Waals surface area (Å²) in [6, 6.07) is 3.22. The molecule has 0 aromatic heterocycles. The maximum absolute atomic E-state index is 12.7. The van der Waals surface area contributed by atoms with E-state index in [1.807, 2.05) is 0 Å². The number of benzene rings is 1. The van der Waals surface area contributed by atoms with Crippen LogP contribution in [0, 0.1) is 0 Å². The molecule has 7 heteroatoms. The van der Waals surface area contributed by atoms with E-state index in [9.17, 15) is 22.8 Å². The van der Waals surface area contributed by atoms with Crippen LogP contribution in [-0.2, 0) is 15.8 Å². The molecule has 0 radical (unpaired) electrons. The molecule has 2 rings (SSSR count). The molecule has 1 atom stereocenters. The van der Waals surface area contributed by atoms with E-state index in [1.54, 1.807) is 0 Å². The third kappa shape index (κ3) is 2.03. The van der Waals surface area contributed by atoms with Crippen molar-refractivity contribution in [2.45, 2.75) is 18.5 Å². The Hall–Kier alpha value is -2.05. The Morgan fingerprint density at radius 3 is 2.61 bits per heavy atom. The molecule has 0 saturated heterocycles. The Kier molecular flexibility index (Phi) is 2.76. The minimum Gasteiger partial charge on any atom is -0.481 e. The molecule has 1 aliphatic rings. The second-order valence-corrected chi connectivity index (χ2v) is 3.91. The van der Waals surface area contributed by atoms with Gasteiger partial charge in [0.2, 0.25) is 5.91 Å². The number of carbonyl (C=O) groups is 2. The molecule has 1 aliphatic heterocycles. The van der Waals surface area contributed by atoms with E-state index < -0.39 is 35.2 Å². The second kappa shape index (κ2) is 4.01. The zero-order valence-corrected chi connectivity index (χ0v) is 8.91. The second-order valence-electron chi connectivity index (χ2n) is 3.91. The molecular weight excluding hydrogens is 251 g/mol. The number of nitrogens with one attached hydrogen (secondary N) is 1. The Balaban J connectivity index is 2.62. The van der Waals surface area contributed by atoms with E-state index in [1.165, 1.54) is 6.07 Å². The lowest BCUT2D eigenvalue weighted by Crippen LogP contribution is -2.29. The molecule has 96 valence electrons. The molecule has 4 nitrogen and oxygen atoms in total. The molecule has 1 aromatic rings. The van der Waals surface area contributed by atoms with Crippen LogP contribution in [0.5, 0.6) is 0 Å². The van der Waals surface area contributed by atoms with E-state index in [0.717, 1.165) is 12.1 Å². The largest absolute Gasteiger partial charge is 0.481 e. The van der Waals surface area contributed by atoms with Gasteiger partial charge in [-0.25, -0.2) is 0 Å². The van der Waals surface area contributed by atoms with Gasteiger partial charge in [0, 0.05) is 6.42 Å². The Bertz CT molecular complexity index is 525. The minimum absolute atomic E-state index is 0.0167. The van der Waals surface area contributed by atoms with Gasteiger partial charge in [0.1, 0.15) is 0 Å². The van der Waals surface area contributed by atoms with E-state index in [0.29, 0.717) is 0 Å². The number of carboxylic acid groups (broad SMARTS) is 1. The van der Waals surface area contributed by atoms with E-state index in [-0.39, 0.29) is 12.0 Å². The van der Waals surface area contributed by atoms with Crippen LogP contribution < -0.4 is 5.32 Å². The van der Waals surface area contributed by atoms with Gasteiger partial charge in [0.25, 0.3) is 0 Å². The van der Waals surface area contributed by atoms with Crippen LogP contribution in [0.4, 0.5) is 18.9 Å². The van der Waals surface area contributed by atoms with Crippen LogP contribution in [0.1, 0.15) is 23.5 Å². The third-order valence-corrected chi connectivity index (χ3v) is 2.73. The van der Waals surface area contributed by atoms with Gasteiger partial charge in [-0.05, 0) is 11.6 Å². The standard InChI is InChI=1S/C11H8F3NO3/c12-11(13,14)7-3-1-2-5-6(10(17)18)4-8(16)15-9(5)7/h1-3,6H,4H2,(H,15,16)(H,17,18). The van der Waals surface area contributed by atoms with E-state index >= 15 is 0 Å². The normalized spacial score (nSPS) is 19.1. The van der Waals surface area contributed by atoms with Gasteiger partial charge in [-0.3, -0.25) is 9.59 Å². The third-order valence-electron chi connectivity index (χ3n) is 2.73. The van der Waals surface area contributed by atoms with Gasteiger partial charge in [-0.15, -0.1) is 0 Å². The maximum Gasteiger partial charge on any atom is 0.418 e. The number of hydrogen-bond acceptors (Lipinski definition) is 2. The van der Waals surface area contributed by atoms with Crippen molar-refractivity contribution in [1.82, 2.24) is 0 Å². The van der Waals surface area contributed by atoms with Gasteiger partial charge < -0.3 is 10.4 Å². The van der Waals surface area contributed by atoms with Gasteiger partial charge in [0.15, 0.2) is 0 Å². The van der Waals surface area contributed by atoms with Gasteiger partial charge in [-0.1, -0.05) is 12.1 Å². The Labute approximate surface area is 99.4 Å². The smallest absolute Gasteiger partial charge is 0.418 e. The number of hydrogen-bond donors (Lipinski definition) is 2. The van der Waals surface area contributed by atoms with Gasteiger partial charge >= 0.3 is 12.1 Å². The number of carbonyl (C=O) groups excluding carboxylic acids is 1. The predicted octanol–water partition coefficient (Wildman–Crippen LogP) is 2.22. The summed E-state index contributed by atoms with van der Waals surface area (Å²) in [6.45, 7) is 0. The molecule has 18 heavy (non-hydrogen) atoms. The van der Waals surface area contributed by atoms with E-state index in [4.69, 9.17) is 5.11 Å². The quantitative estimate of drug-likeness (QED) is 0.812. The molecule has 1 aromatic carbocycles. The highest BCUT2D eigenvalue weighted by molar-refractivity contribution is 6.00. The average molecular weight is 259 g/mol. The fourth-order valence-electron chi connectivity index (χ4n) is 1.94. The molecule has 0 saturated carbocycles. The number of alkyl halides is 3. The number of para-hydroxylation sites is 1. The first-order valence-corrected chi connectivity index (χ1v) is 5.03. The van der Waals surface area contributed by atoms with Crippen LogP contribution >= 0.6 is 0 Å². The highest BCUT2D eigenvalue weighted by Crippen LogP contribution is 2.41. The lowest BCUT2D eigenvalue weighted by atomic mass is 9.88. The summed E-state index contributed by atoms with van der Waals surface area (Å²) in [5.41, 5.74) is -1.50. The number of fused-ring (bicyclic) bond motifs is 1. The summed E-state index contributed by atoms with van der Waals surface area (Å²) in [7, 11) is 0. The number of anilines is 1. The first-order chi connectivity index (χ1) is 8.30. The first kappa shape index (κ1) is 12.4. The molecule has 1 unspecified atom stereocenters. The van der Waals surface area contributed by atoms with Crippen LogP contribution in [0.25, 0.3) is 0 Å². The summed E-state index contributed by atoms with van der Waals surface area (Å²) in [5.74, 6) is -3.28. The summed E-state index contributed by atoms with van der Waals surface area (Å²) >= 11 is 0.